The van der Waals surface area contributed by atoms with E-state index in [1.54, 1.807) is 12.5 Å². The van der Waals surface area contributed by atoms with Crippen LogP contribution in [0.25, 0.3) is 0 Å². The van der Waals surface area contributed by atoms with Crippen molar-refractivity contribution in [3.05, 3.63) is 59.0 Å². The molecule has 2 nitrogen and oxygen atoms in total. The molecule has 1 aromatic heterocycles. The van der Waals surface area contributed by atoms with Crippen molar-refractivity contribution in [1.29, 1.82) is 0 Å². The molecule has 0 unspecified atom stereocenters. The lowest BCUT2D eigenvalue weighted by Crippen LogP contribution is -2.16. The highest BCUT2D eigenvalue weighted by Crippen LogP contribution is 2.14. The molecule has 0 amide bonds. The summed E-state index contributed by atoms with van der Waals surface area (Å²) in [5, 5.41) is 4.18. The molecule has 0 aliphatic heterocycles. The fraction of sp³-hybridized carbons (Fsp3) is 0.286. The summed E-state index contributed by atoms with van der Waals surface area (Å²) in [5.74, 6) is 2.13. The molecule has 0 bridgehead atoms. The summed E-state index contributed by atoms with van der Waals surface area (Å²) in [6.07, 6.45) is 3.47. The lowest BCUT2D eigenvalue weighted by atomic mass is 10.2. The molecular formula is C14H16ClNOS. The molecule has 4 heteroatoms. The molecule has 1 N–H and O–H groups in total. The van der Waals surface area contributed by atoms with Gasteiger partial charge in [-0.05, 0) is 23.8 Å². The van der Waals surface area contributed by atoms with E-state index < -0.39 is 0 Å². The number of furan rings is 1. The van der Waals surface area contributed by atoms with Crippen LogP contribution in [0.4, 0.5) is 0 Å². The Morgan fingerprint density at radius 2 is 1.94 bits per heavy atom. The fourth-order valence-corrected chi connectivity index (χ4v) is 2.53. The van der Waals surface area contributed by atoms with Crippen molar-refractivity contribution >= 4 is 23.4 Å². The van der Waals surface area contributed by atoms with Gasteiger partial charge in [-0.15, -0.1) is 0 Å². The van der Waals surface area contributed by atoms with Gasteiger partial charge >= 0.3 is 0 Å². The quantitative estimate of drug-likeness (QED) is 0.778. The van der Waals surface area contributed by atoms with Gasteiger partial charge in [-0.3, -0.25) is 0 Å². The third-order valence-corrected chi connectivity index (χ3v) is 3.80. The predicted molar refractivity (Wildman–Crippen MR) is 78.0 cm³/mol. The van der Waals surface area contributed by atoms with Gasteiger partial charge in [0.25, 0.3) is 0 Å². The average molecular weight is 282 g/mol. The van der Waals surface area contributed by atoms with Gasteiger partial charge in [-0.1, -0.05) is 23.7 Å². The Kier molecular flexibility index (Phi) is 5.65. The van der Waals surface area contributed by atoms with Crippen molar-refractivity contribution in [1.82, 2.24) is 5.32 Å². The molecule has 0 fully saturated rings. The largest absolute Gasteiger partial charge is 0.472 e. The molecule has 2 rings (SSSR count). The zero-order valence-corrected chi connectivity index (χ0v) is 11.6. The SMILES string of the molecule is Clc1ccc(CSCCNCc2ccoc2)cc1. The summed E-state index contributed by atoms with van der Waals surface area (Å²) < 4.78 is 5.00. The Labute approximate surface area is 117 Å². The van der Waals surface area contributed by atoms with Crippen LogP contribution in [-0.2, 0) is 12.3 Å². The second-order valence-corrected chi connectivity index (χ2v) is 5.53. The molecular weight excluding hydrogens is 266 g/mol. The van der Waals surface area contributed by atoms with E-state index in [0.717, 1.165) is 29.6 Å². The van der Waals surface area contributed by atoms with E-state index in [-0.39, 0.29) is 0 Å². The minimum atomic E-state index is 0.797. The van der Waals surface area contributed by atoms with Crippen LogP contribution in [0.5, 0.6) is 0 Å². The summed E-state index contributed by atoms with van der Waals surface area (Å²) in [7, 11) is 0. The number of hydrogen-bond acceptors (Lipinski definition) is 3. The van der Waals surface area contributed by atoms with E-state index >= 15 is 0 Å². The van der Waals surface area contributed by atoms with Gasteiger partial charge in [0.15, 0.2) is 0 Å². The second-order valence-electron chi connectivity index (χ2n) is 3.99. The average Bonchev–Trinajstić information content (AvgIpc) is 2.89. The number of thioether (sulfide) groups is 1. The smallest absolute Gasteiger partial charge is 0.0947 e. The van der Waals surface area contributed by atoms with Crippen LogP contribution in [0, 0.1) is 0 Å². The lowest BCUT2D eigenvalue weighted by Gasteiger charge is -2.04. The predicted octanol–water partition coefficient (Wildman–Crippen LogP) is 3.96. The molecule has 0 aliphatic rings. The molecule has 0 saturated heterocycles. The van der Waals surface area contributed by atoms with E-state index in [4.69, 9.17) is 16.0 Å². The van der Waals surface area contributed by atoms with Gasteiger partial charge in [0, 0.05) is 35.2 Å². The number of hydrogen-bond donors (Lipinski definition) is 1. The Hall–Kier alpha value is -0.900. The molecule has 2 aromatic rings. The summed E-state index contributed by atoms with van der Waals surface area (Å²) >= 11 is 7.76. The van der Waals surface area contributed by atoms with Crippen molar-refractivity contribution in [2.45, 2.75) is 12.3 Å². The lowest BCUT2D eigenvalue weighted by molar-refractivity contribution is 0.561. The Bertz CT molecular complexity index is 441. The van der Waals surface area contributed by atoms with Crippen molar-refractivity contribution in [3.63, 3.8) is 0 Å². The molecule has 0 radical (unpaired) electrons. The highest BCUT2D eigenvalue weighted by atomic mass is 35.5. The standard InChI is InChI=1S/C14H16ClNOS/c15-14-3-1-12(2-4-14)11-18-8-6-16-9-13-5-7-17-10-13/h1-5,7,10,16H,6,8-9,11H2. The van der Waals surface area contributed by atoms with Gasteiger partial charge in [0.05, 0.1) is 12.5 Å². The molecule has 0 spiro atoms. The van der Waals surface area contributed by atoms with Crippen LogP contribution in [0.1, 0.15) is 11.1 Å². The minimum Gasteiger partial charge on any atom is -0.472 e. The molecule has 1 heterocycles. The van der Waals surface area contributed by atoms with E-state index in [1.165, 1.54) is 11.1 Å². The summed E-state index contributed by atoms with van der Waals surface area (Å²) in [5.41, 5.74) is 2.51. The maximum atomic E-state index is 5.84. The third kappa shape index (κ3) is 4.77. The maximum Gasteiger partial charge on any atom is 0.0947 e. The van der Waals surface area contributed by atoms with Gasteiger partial charge in [0.1, 0.15) is 0 Å². The Balaban J connectivity index is 1.55. The molecule has 0 atom stereocenters. The highest BCUT2D eigenvalue weighted by molar-refractivity contribution is 7.98. The van der Waals surface area contributed by atoms with E-state index in [2.05, 4.69) is 17.4 Å². The van der Waals surface area contributed by atoms with Gasteiger partial charge in [-0.2, -0.15) is 11.8 Å². The van der Waals surface area contributed by atoms with Gasteiger partial charge in [-0.25, -0.2) is 0 Å². The fourth-order valence-electron chi connectivity index (χ4n) is 1.54. The number of halogens is 1. The van der Waals surface area contributed by atoms with Gasteiger partial charge < -0.3 is 9.73 Å². The van der Waals surface area contributed by atoms with E-state index in [1.807, 2.05) is 30.0 Å². The zero-order chi connectivity index (χ0) is 12.6. The normalized spacial score (nSPS) is 10.7. The molecule has 0 saturated carbocycles. The van der Waals surface area contributed by atoms with E-state index in [0.29, 0.717) is 0 Å². The van der Waals surface area contributed by atoms with Crippen LogP contribution in [0.15, 0.2) is 47.3 Å². The molecule has 96 valence electrons. The van der Waals surface area contributed by atoms with Crippen molar-refractivity contribution in [2.24, 2.45) is 0 Å². The zero-order valence-electron chi connectivity index (χ0n) is 10.1. The monoisotopic (exact) mass is 281 g/mol. The summed E-state index contributed by atoms with van der Waals surface area (Å²) in [6, 6.07) is 10.0. The van der Waals surface area contributed by atoms with Crippen LogP contribution in [0.2, 0.25) is 5.02 Å². The number of nitrogens with one attached hydrogen (secondary N) is 1. The number of benzene rings is 1. The topological polar surface area (TPSA) is 25.2 Å². The first kappa shape index (κ1) is 13.5. The first-order valence-electron chi connectivity index (χ1n) is 5.88. The Morgan fingerprint density at radius 3 is 2.67 bits per heavy atom. The Morgan fingerprint density at radius 1 is 1.11 bits per heavy atom. The van der Waals surface area contributed by atoms with Crippen LogP contribution in [0.3, 0.4) is 0 Å². The van der Waals surface area contributed by atoms with Crippen molar-refractivity contribution in [2.75, 3.05) is 12.3 Å². The number of rotatable bonds is 7. The van der Waals surface area contributed by atoms with Crippen LogP contribution < -0.4 is 5.32 Å². The van der Waals surface area contributed by atoms with Crippen molar-refractivity contribution in [3.8, 4) is 0 Å². The maximum absolute atomic E-state index is 5.84. The third-order valence-electron chi connectivity index (χ3n) is 2.51. The summed E-state index contributed by atoms with van der Waals surface area (Å²) in [4.78, 5) is 0. The molecule has 0 aliphatic carbocycles. The van der Waals surface area contributed by atoms with Crippen molar-refractivity contribution < 1.29 is 4.42 Å². The molecule has 18 heavy (non-hydrogen) atoms. The van der Waals surface area contributed by atoms with Gasteiger partial charge in [0.2, 0.25) is 0 Å². The molecule has 1 aromatic carbocycles. The second kappa shape index (κ2) is 7.52. The minimum absolute atomic E-state index is 0.797. The van der Waals surface area contributed by atoms with Crippen LogP contribution in [-0.4, -0.2) is 12.3 Å². The first-order valence-corrected chi connectivity index (χ1v) is 7.42. The van der Waals surface area contributed by atoms with Crippen LogP contribution >= 0.6 is 23.4 Å². The first-order chi connectivity index (χ1) is 8.84. The van der Waals surface area contributed by atoms with E-state index in [9.17, 15) is 0 Å². The summed E-state index contributed by atoms with van der Waals surface area (Å²) in [6.45, 7) is 1.88. The highest BCUT2D eigenvalue weighted by Gasteiger charge is 1.95.